The zero-order valence-electron chi connectivity index (χ0n) is 16.7. The van der Waals surface area contributed by atoms with Gasteiger partial charge in [-0.1, -0.05) is 41.4 Å². The van der Waals surface area contributed by atoms with E-state index in [4.69, 9.17) is 9.26 Å². The molecule has 0 spiro atoms. The van der Waals surface area contributed by atoms with Crippen LogP contribution in [0.2, 0.25) is 0 Å². The Morgan fingerprint density at radius 3 is 2.63 bits per heavy atom. The van der Waals surface area contributed by atoms with Crippen LogP contribution in [0.1, 0.15) is 43.2 Å². The third-order valence-corrected chi connectivity index (χ3v) is 6.59. The highest BCUT2D eigenvalue weighted by molar-refractivity contribution is 7.92. The van der Waals surface area contributed by atoms with Gasteiger partial charge < -0.3 is 9.26 Å². The number of aromatic nitrogens is 1. The van der Waals surface area contributed by atoms with Gasteiger partial charge in [0.2, 0.25) is 12.2 Å². The van der Waals surface area contributed by atoms with E-state index >= 15 is 0 Å². The summed E-state index contributed by atoms with van der Waals surface area (Å²) in [4.78, 5) is 12.6. The van der Waals surface area contributed by atoms with E-state index in [0.717, 1.165) is 11.8 Å². The van der Waals surface area contributed by atoms with Gasteiger partial charge in [-0.2, -0.15) is 0 Å². The van der Waals surface area contributed by atoms with Crippen LogP contribution in [0, 0.1) is 11.8 Å². The lowest BCUT2D eigenvalue weighted by Gasteiger charge is -2.25. The van der Waals surface area contributed by atoms with Crippen molar-refractivity contribution in [1.29, 1.82) is 0 Å². The van der Waals surface area contributed by atoms with E-state index in [9.17, 15) is 22.0 Å². The largest absolute Gasteiger partial charge is 0.460 e. The molecule has 1 atom stereocenters. The van der Waals surface area contributed by atoms with Crippen molar-refractivity contribution < 1.29 is 31.3 Å². The lowest BCUT2D eigenvalue weighted by Crippen LogP contribution is -2.44. The van der Waals surface area contributed by atoms with E-state index in [-0.39, 0.29) is 38.1 Å². The molecule has 0 radical (unpaired) electrons. The van der Waals surface area contributed by atoms with Crippen LogP contribution < -0.4 is 0 Å². The number of halogens is 2. The van der Waals surface area contributed by atoms with Crippen molar-refractivity contribution in [3.8, 4) is 11.8 Å². The number of alkyl halides is 2. The minimum absolute atomic E-state index is 0.0209. The van der Waals surface area contributed by atoms with Gasteiger partial charge in [0.05, 0.1) is 5.69 Å². The van der Waals surface area contributed by atoms with E-state index in [1.54, 1.807) is 24.3 Å². The molecule has 9 heteroatoms. The Bertz CT molecular complexity index is 1010. The number of hydrogen-bond acceptors (Lipinski definition) is 6. The van der Waals surface area contributed by atoms with Gasteiger partial charge in [0.25, 0.3) is 0 Å². The molecule has 0 aliphatic rings. The number of ether oxygens (including phenoxy) is 1. The van der Waals surface area contributed by atoms with Crippen LogP contribution in [0.3, 0.4) is 0 Å². The molecule has 0 N–H and O–H groups in total. The molecular weight excluding hydrogens is 416 g/mol. The molecule has 162 valence electrons. The monoisotopic (exact) mass is 439 g/mol. The summed E-state index contributed by atoms with van der Waals surface area (Å²) in [5.41, 5.74) is 1.15. The summed E-state index contributed by atoms with van der Waals surface area (Å²) in [6.45, 7) is 1.29. The highest BCUT2D eigenvalue weighted by atomic mass is 32.2. The molecule has 1 aromatic carbocycles. The maximum atomic E-state index is 12.6. The molecule has 2 rings (SSSR count). The molecule has 0 fully saturated rings. The second kappa shape index (κ2) is 10.3. The lowest BCUT2D eigenvalue weighted by molar-refractivity contribution is -0.147. The third kappa shape index (κ3) is 6.66. The van der Waals surface area contributed by atoms with E-state index in [0.29, 0.717) is 5.69 Å². The smallest absolute Gasteiger partial charge is 0.327 e. The fourth-order valence-corrected chi connectivity index (χ4v) is 3.34. The molecular formula is C21H23F2NO5S. The van der Waals surface area contributed by atoms with Crippen molar-refractivity contribution in [2.45, 2.75) is 50.4 Å². The molecule has 0 aliphatic heterocycles. The minimum atomic E-state index is -3.79. The van der Waals surface area contributed by atoms with Gasteiger partial charge in [0.15, 0.2) is 14.6 Å². The summed E-state index contributed by atoms with van der Waals surface area (Å²) in [5.74, 6) is 4.49. The first-order valence-corrected chi connectivity index (χ1v) is 11.1. The average molecular weight is 439 g/mol. The van der Waals surface area contributed by atoms with Crippen molar-refractivity contribution in [1.82, 2.24) is 5.16 Å². The van der Waals surface area contributed by atoms with Crippen molar-refractivity contribution >= 4 is 15.8 Å². The number of carbonyl (C=O) groups excluding carboxylic acids is 1. The summed E-state index contributed by atoms with van der Waals surface area (Å²) >= 11 is 0. The molecule has 0 bridgehead atoms. The van der Waals surface area contributed by atoms with Crippen LogP contribution in [0.25, 0.3) is 0 Å². The summed E-state index contributed by atoms with van der Waals surface area (Å²) in [6, 6.07) is 10.4. The highest BCUT2D eigenvalue weighted by Crippen LogP contribution is 2.25. The number of sulfone groups is 1. The normalized spacial score (nSPS) is 13.4. The molecule has 0 amide bonds. The topological polar surface area (TPSA) is 86.5 Å². The third-order valence-electron chi connectivity index (χ3n) is 4.58. The quantitative estimate of drug-likeness (QED) is 0.439. The van der Waals surface area contributed by atoms with E-state index < -0.39 is 27.0 Å². The summed E-state index contributed by atoms with van der Waals surface area (Å²) in [6.07, 6.45) is -1.67. The Balaban J connectivity index is 2.02. The second-order valence-electron chi connectivity index (χ2n) is 6.98. The number of aryl methyl sites for hydroxylation is 1. The predicted molar refractivity (Wildman–Crippen MR) is 106 cm³/mol. The number of hydrogen-bond donors (Lipinski definition) is 0. The van der Waals surface area contributed by atoms with Crippen molar-refractivity contribution in [2.75, 3.05) is 6.26 Å². The molecule has 2 aromatic rings. The van der Waals surface area contributed by atoms with E-state index in [2.05, 4.69) is 17.0 Å². The van der Waals surface area contributed by atoms with Gasteiger partial charge in [-0.05, 0) is 31.2 Å². The number of esters is 1. The van der Waals surface area contributed by atoms with Crippen LogP contribution in [-0.4, -0.2) is 37.0 Å². The molecule has 1 heterocycles. The van der Waals surface area contributed by atoms with Gasteiger partial charge in [0, 0.05) is 25.2 Å². The number of carbonyl (C=O) groups is 1. The average Bonchev–Trinajstić information content (AvgIpc) is 3.15. The first kappa shape index (κ1) is 23.5. The molecule has 0 aliphatic carbocycles. The van der Waals surface area contributed by atoms with Crippen molar-refractivity contribution in [3.63, 3.8) is 0 Å². The molecule has 1 aromatic heterocycles. The zero-order chi connectivity index (χ0) is 22.2. The van der Waals surface area contributed by atoms with E-state index in [1.807, 2.05) is 6.07 Å². The Kier molecular flexibility index (Phi) is 8.12. The van der Waals surface area contributed by atoms with Crippen LogP contribution >= 0.6 is 0 Å². The van der Waals surface area contributed by atoms with Crippen LogP contribution in [0.5, 0.6) is 0 Å². The summed E-state index contributed by atoms with van der Waals surface area (Å²) in [7, 11) is -3.79. The van der Waals surface area contributed by atoms with Gasteiger partial charge in [0.1, 0.15) is 6.61 Å². The number of rotatable bonds is 9. The second-order valence-corrected chi connectivity index (χ2v) is 9.42. The molecule has 0 saturated carbocycles. The highest BCUT2D eigenvalue weighted by Gasteiger charge is 2.44. The molecule has 6 nitrogen and oxygen atoms in total. The Labute approximate surface area is 174 Å². The fraction of sp³-hybridized carbons (Fsp3) is 0.429. The van der Waals surface area contributed by atoms with Gasteiger partial charge in [-0.25, -0.2) is 17.2 Å². The molecule has 0 unspecified atom stereocenters. The van der Waals surface area contributed by atoms with Crippen LogP contribution in [-0.2, 0) is 32.4 Å². The van der Waals surface area contributed by atoms with Gasteiger partial charge in [-0.3, -0.25) is 4.79 Å². The number of benzene rings is 1. The van der Waals surface area contributed by atoms with Crippen LogP contribution in [0.15, 0.2) is 40.9 Å². The summed E-state index contributed by atoms with van der Waals surface area (Å²) < 4.78 is 57.4. The Morgan fingerprint density at radius 2 is 2.00 bits per heavy atom. The van der Waals surface area contributed by atoms with Crippen molar-refractivity contribution in [2.24, 2.45) is 0 Å². The maximum absolute atomic E-state index is 12.6. The van der Waals surface area contributed by atoms with Gasteiger partial charge in [-0.15, -0.1) is 0 Å². The standard InChI is InChI=1S/C21H23F2NO5S/c1-21(30(2,26)27,20(25)28-15-16-8-4-3-5-9-16)13-12-17-14-18(29-24-17)10-6-7-11-19(22)23/h3-5,8-9,14,19H,7,11-13,15H2,1-2H3/t21-/m1/s1. The van der Waals surface area contributed by atoms with Crippen molar-refractivity contribution in [3.05, 3.63) is 53.4 Å². The molecule has 0 saturated heterocycles. The maximum Gasteiger partial charge on any atom is 0.327 e. The summed E-state index contributed by atoms with van der Waals surface area (Å²) in [5, 5.41) is 3.80. The predicted octanol–water partition coefficient (Wildman–Crippen LogP) is 3.55. The SMILES string of the molecule is C[C@@](CCc1cc(C#CCCC(F)F)on1)(C(=O)OCc1ccccc1)S(C)(=O)=O. The number of nitrogens with zero attached hydrogens (tertiary/aromatic N) is 1. The minimum Gasteiger partial charge on any atom is -0.460 e. The first-order chi connectivity index (χ1) is 14.1. The Morgan fingerprint density at radius 1 is 1.30 bits per heavy atom. The van der Waals surface area contributed by atoms with E-state index in [1.165, 1.54) is 13.0 Å². The van der Waals surface area contributed by atoms with Gasteiger partial charge >= 0.3 is 5.97 Å². The first-order valence-electron chi connectivity index (χ1n) is 9.25. The fourth-order valence-electron chi connectivity index (χ4n) is 2.50. The molecule has 30 heavy (non-hydrogen) atoms. The van der Waals surface area contributed by atoms with Crippen LogP contribution in [0.4, 0.5) is 8.78 Å². The Hall–Kier alpha value is -2.73. The zero-order valence-corrected chi connectivity index (χ0v) is 17.5. The lowest BCUT2D eigenvalue weighted by atomic mass is 10.0.